The third-order valence-electron chi connectivity index (χ3n) is 3.83. The fraction of sp³-hybridized carbons (Fsp3) is 0.105. The summed E-state index contributed by atoms with van der Waals surface area (Å²) in [7, 11) is 0. The minimum atomic E-state index is -0.384. The number of ketones is 1. The van der Waals surface area contributed by atoms with Gasteiger partial charge in [0.25, 0.3) is 0 Å². The lowest BCUT2D eigenvalue weighted by Gasteiger charge is -2.07. The number of aryl methyl sites for hydroxylation is 1. The van der Waals surface area contributed by atoms with Crippen LogP contribution in [0.2, 0.25) is 0 Å². The van der Waals surface area contributed by atoms with E-state index >= 15 is 0 Å². The van der Waals surface area contributed by atoms with Gasteiger partial charge in [-0.1, -0.05) is 65.9 Å². The molecule has 0 amide bonds. The van der Waals surface area contributed by atoms with Crippen molar-refractivity contribution in [3.63, 3.8) is 0 Å². The Balaban J connectivity index is 1.80. The van der Waals surface area contributed by atoms with Crippen LogP contribution in [-0.2, 0) is 5.75 Å². The van der Waals surface area contributed by atoms with E-state index in [0.29, 0.717) is 10.1 Å². The van der Waals surface area contributed by atoms with Crippen LogP contribution in [0.25, 0.3) is 0 Å². The highest BCUT2D eigenvalue weighted by Gasteiger charge is 2.21. The van der Waals surface area contributed by atoms with E-state index in [4.69, 9.17) is 18.0 Å². The molecule has 3 aromatic rings. The highest BCUT2D eigenvalue weighted by molar-refractivity contribution is 8.22. The zero-order valence-electron chi connectivity index (χ0n) is 14.0. The Morgan fingerprint density at radius 2 is 1.96 bits per heavy atom. The number of thioether (sulfide) groups is 1. The predicted molar refractivity (Wildman–Crippen MR) is 109 cm³/mol. The number of nitrogen functional groups attached to an aromatic ring is 1. The van der Waals surface area contributed by atoms with Gasteiger partial charge in [-0.2, -0.15) is 9.78 Å². The van der Waals surface area contributed by atoms with Crippen LogP contribution in [0.1, 0.15) is 27.0 Å². The molecule has 26 heavy (non-hydrogen) atoms. The van der Waals surface area contributed by atoms with Crippen molar-refractivity contribution in [1.82, 2.24) is 9.78 Å². The number of anilines is 1. The van der Waals surface area contributed by atoms with E-state index in [0.717, 1.165) is 11.1 Å². The Morgan fingerprint density at radius 3 is 2.69 bits per heavy atom. The maximum atomic E-state index is 12.7. The molecule has 1 heterocycles. The average molecular weight is 383 g/mol. The molecule has 2 aromatic carbocycles. The first-order chi connectivity index (χ1) is 12.5. The Morgan fingerprint density at radius 1 is 1.23 bits per heavy atom. The molecule has 5 nitrogen and oxygen atoms in total. The van der Waals surface area contributed by atoms with E-state index in [1.54, 1.807) is 12.1 Å². The molecule has 0 spiro atoms. The van der Waals surface area contributed by atoms with Crippen LogP contribution in [-0.4, -0.2) is 25.0 Å². The average Bonchev–Trinajstić information content (AvgIpc) is 3.03. The molecule has 0 atom stereocenters. The SMILES string of the molecule is Cc1ccc(O)c(C(=O)c2cnn(C(=S)SCc3ccccc3)c2N)c1. The van der Waals surface area contributed by atoms with Gasteiger partial charge in [-0.05, 0) is 24.6 Å². The van der Waals surface area contributed by atoms with Gasteiger partial charge in [-0.3, -0.25) is 4.79 Å². The molecule has 0 aliphatic carbocycles. The number of thiocarbonyl (C=S) groups is 1. The fourth-order valence-electron chi connectivity index (χ4n) is 2.44. The number of phenols is 1. The van der Waals surface area contributed by atoms with Crippen molar-refractivity contribution in [3.05, 3.63) is 77.0 Å². The second kappa shape index (κ2) is 7.72. The highest BCUT2D eigenvalue weighted by Crippen LogP contribution is 2.25. The van der Waals surface area contributed by atoms with Crippen molar-refractivity contribution >= 4 is 39.9 Å². The number of hydrogen-bond acceptors (Lipinski definition) is 6. The molecule has 0 aliphatic heterocycles. The summed E-state index contributed by atoms with van der Waals surface area (Å²) in [4.78, 5) is 12.7. The molecule has 0 saturated heterocycles. The summed E-state index contributed by atoms with van der Waals surface area (Å²) in [5, 5.41) is 14.1. The lowest BCUT2D eigenvalue weighted by Crippen LogP contribution is -2.13. The molecule has 0 aliphatic rings. The zero-order valence-corrected chi connectivity index (χ0v) is 15.7. The minimum absolute atomic E-state index is 0.0891. The molecule has 3 N–H and O–H groups in total. The molecule has 0 unspecified atom stereocenters. The summed E-state index contributed by atoms with van der Waals surface area (Å²) in [5.74, 6) is 0.377. The molecule has 1 aromatic heterocycles. The van der Waals surface area contributed by atoms with Gasteiger partial charge in [-0.15, -0.1) is 0 Å². The third-order valence-corrected chi connectivity index (χ3v) is 5.25. The quantitative estimate of drug-likeness (QED) is 0.527. The number of hydrogen-bond donors (Lipinski definition) is 2. The van der Waals surface area contributed by atoms with Gasteiger partial charge in [0.2, 0.25) is 5.78 Å². The van der Waals surface area contributed by atoms with Gasteiger partial charge in [0.15, 0.2) is 4.32 Å². The highest BCUT2D eigenvalue weighted by atomic mass is 32.2. The predicted octanol–water partition coefficient (Wildman–Crippen LogP) is 3.78. The van der Waals surface area contributed by atoms with Crippen LogP contribution in [0.4, 0.5) is 5.82 Å². The van der Waals surface area contributed by atoms with E-state index in [-0.39, 0.29) is 28.5 Å². The topological polar surface area (TPSA) is 81.1 Å². The van der Waals surface area contributed by atoms with E-state index in [1.807, 2.05) is 37.3 Å². The monoisotopic (exact) mass is 383 g/mol. The van der Waals surface area contributed by atoms with E-state index in [9.17, 15) is 9.90 Å². The number of benzene rings is 2. The van der Waals surface area contributed by atoms with Crippen LogP contribution < -0.4 is 5.73 Å². The summed E-state index contributed by atoms with van der Waals surface area (Å²) in [6.45, 7) is 1.85. The van der Waals surface area contributed by atoms with Crippen molar-refractivity contribution in [2.24, 2.45) is 0 Å². The third kappa shape index (κ3) is 3.79. The first-order valence-corrected chi connectivity index (χ1v) is 9.25. The fourth-order valence-corrected chi connectivity index (χ4v) is 3.51. The number of aromatic hydroxyl groups is 1. The van der Waals surface area contributed by atoms with Crippen LogP contribution in [0.15, 0.2) is 54.7 Å². The zero-order chi connectivity index (χ0) is 18.7. The van der Waals surface area contributed by atoms with Gasteiger partial charge in [-0.25, -0.2) is 0 Å². The minimum Gasteiger partial charge on any atom is -0.507 e. The van der Waals surface area contributed by atoms with Crippen LogP contribution in [0, 0.1) is 6.92 Å². The molecule has 7 heteroatoms. The van der Waals surface area contributed by atoms with Crippen LogP contribution in [0.5, 0.6) is 5.75 Å². The number of carbonyl (C=O) groups is 1. The van der Waals surface area contributed by atoms with Gasteiger partial charge in [0.05, 0.1) is 17.3 Å². The number of phenolic OH excluding ortho intramolecular Hbond substituents is 1. The van der Waals surface area contributed by atoms with E-state index in [1.165, 1.54) is 28.7 Å². The number of rotatable bonds is 4. The van der Waals surface area contributed by atoms with Gasteiger partial charge < -0.3 is 10.8 Å². The summed E-state index contributed by atoms with van der Waals surface area (Å²) >= 11 is 6.81. The van der Waals surface area contributed by atoms with Crippen LogP contribution in [0.3, 0.4) is 0 Å². The van der Waals surface area contributed by atoms with Gasteiger partial charge in [0.1, 0.15) is 11.6 Å². The Kier molecular flexibility index (Phi) is 5.39. The maximum Gasteiger partial charge on any atom is 0.202 e. The standard InChI is InChI=1S/C19H17N3O2S2/c1-12-7-8-16(23)14(9-12)17(24)15-10-21-22(18(15)20)19(25)26-11-13-5-3-2-4-6-13/h2-10,23H,11,20H2,1H3. The molecular formula is C19H17N3O2S2. The summed E-state index contributed by atoms with van der Waals surface area (Å²) in [6.07, 6.45) is 1.38. The smallest absolute Gasteiger partial charge is 0.202 e. The first kappa shape index (κ1) is 18.2. The second-order valence-electron chi connectivity index (χ2n) is 5.75. The first-order valence-electron chi connectivity index (χ1n) is 7.86. The number of carbonyl (C=O) groups excluding carboxylic acids is 1. The lowest BCUT2D eigenvalue weighted by molar-refractivity contribution is 0.103. The van der Waals surface area contributed by atoms with Crippen molar-refractivity contribution in [2.75, 3.05) is 5.73 Å². The van der Waals surface area contributed by atoms with Crippen molar-refractivity contribution < 1.29 is 9.90 Å². The summed E-state index contributed by atoms with van der Waals surface area (Å²) in [6, 6.07) is 14.7. The lowest BCUT2D eigenvalue weighted by atomic mass is 10.0. The van der Waals surface area contributed by atoms with Gasteiger partial charge >= 0.3 is 0 Å². The van der Waals surface area contributed by atoms with Gasteiger partial charge in [0, 0.05) is 5.75 Å². The molecular weight excluding hydrogens is 366 g/mol. The van der Waals surface area contributed by atoms with E-state index < -0.39 is 0 Å². The Hall–Kier alpha value is -2.64. The molecule has 132 valence electrons. The van der Waals surface area contributed by atoms with Crippen molar-refractivity contribution in [2.45, 2.75) is 12.7 Å². The van der Waals surface area contributed by atoms with Crippen LogP contribution >= 0.6 is 24.0 Å². The second-order valence-corrected chi connectivity index (χ2v) is 7.35. The largest absolute Gasteiger partial charge is 0.507 e. The molecule has 3 rings (SSSR count). The molecule has 0 bridgehead atoms. The van der Waals surface area contributed by atoms with Crippen molar-refractivity contribution in [3.8, 4) is 5.75 Å². The Bertz CT molecular complexity index is 968. The molecule has 0 saturated carbocycles. The van der Waals surface area contributed by atoms with E-state index in [2.05, 4.69) is 5.10 Å². The number of aromatic nitrogens is 2. The normalized spacial score (nSPS) is 10.7. The molecule has 0 fully saturated rings. The van der Waals surface area contributed by atoms with Crippen molar-refractivity contribution in [1.29, 1.82) is 0 Å². The summed E-state index contributed by atoms with van der Waals surface area (Å²) in [5.41, 5.74) is 8.50. The summed E-state index contributed by atoms with van der Waals surface area (Å²) < 4.78 is 1.84. The number of nitrogens with two attached hydrogens (primary N) is 1. The molecule has 0 radical (unpaired) electrons. The number of nitrogens with zero attached hydrogens (tertiary/aromatic N) is 2. The Labute approximate surface area is 160 Å². The maximum absolute atomic E-state index is 12.7.